The lowest BCUT2D eigenvalue weighted by Gasteiger charge is -2.08. The molecule has 2 aromatic rings. The third-order valence-electron chi connectivity index (χ3n) is 2.82. The van der Waals surface area contributed by atoms with Gasteiger partial charge in [-0.1, -0.05) is 11.6 Å². The molecular formula is C13H12ClFN2O3. The number of carboxylic acids is 1. The zero-order chi connectivity index (χ0) is 14.9. The Morgan fingerprint density at radius 3 is 2.70 bits per heavy atom. The number of aryl methyl sites for hydroxylation is 1. The lowest BCUT2D eigenvalue weighted by Crippen LogP contribution is -2.00. The van der Waals surface area contributed by atoms with Crippen LogP contribution in [0.4, 0.5) is 4.39 Å². The van der Waals surface area contributed by atoms with E-state index in [0.717, 1.165) is 0 Å². The fourth-order valence-corrected chi connectivity index (χ4v) is 2.14. The molecule has 0 aliphatic rings. The van der Waals surface area contributed by atoms with Gasteiger partial charge in [0, 0.05) is 30.3 Å². The second-order valence-corrected chi connectivity index (χ2v) is 4.60. The first kappa shape index (κ1) is 14.5. The number of rotatable bonds is 4. The molecule has 20 heavy (non-hydrogen) atoms. The summed E-state index contributed by atoms with van der Waals surface area (Å²) in [5, 5.41) is 13.0. The van der Waals surface area contributed by atoms with E-state index in [1.54, 1.807) is 13.1 Å². The molecule has 0 unspecified atom stereocenters. The average Bonchev–Trinajstić information content (AvgIpc) is 2.76. The highest BCUT2D eigenvalue weighted by atomic mass is 35.5. The minimum Gasteiger partial charge on any atom is -0.476 e. The van der Waals surface area contributed by atoms with Gasteiger partial charge in [0.15, 0.2) is 5.69 Å². The zero-order valence-electron chi connectivity index (χ0n) is 10.9. The first-order valence-electron chi connectivity index (χ1n) is 5.68. The van der Waals surface area contributed by atoms with Crippen LogP contribution in [0.1, 0.15) is 16.1 Å². The maximum Gasteiger partial charge on any atom is 0.356 e. The van der Waals surface area contributed by atoms with Crippen LogP contribution >= 0.6 is 11.6 Å². The number of carboxylic acid groups (broad SMARTS) is 1. The third kappa shape index (κ3) is 2.66. The molecule has 0 spiro atoms. The molecule has 106 valence electrons. The van der Waals surface area contributed by atoms with E-state index in [2.05, 4.69) is 5.10 Å². The second-order valence-electron chi connectivity index (χ2n) is 4.20. The number of methoxy groups -OCH3 is 1. The predicted molar refractivity (Wildman–Crippen MR) is 71.3 cm³/mol. The molecule has 0 fully saturated rings. The quantitative estimate of drug-likeness (QED) is 0.942. The molecule has 0 saturated carbocycles. The van der Waals surface area contributed by atoms with Gasteiger partial charge in [0.2, 0.25) is 0 Å². The van der Waals surface area contributed by atoms with Crippen molar-refractivity contribution < 1.29 is 19.0 Å². The van der Waals surface area contributed by atoms with E-state index in [0.29, 0.717) is 11.3 Å². The monoisotopic (exact) mass is 298 g/mol. The molecule has 1 heterocycles. The van der Waals surface area contributed by atoms with Gasteiger partial charge in [0.05, 0.1) is 12.3 Å². The molecule has 2 rings (SSSR count). The topological polar surface area (TPSA) is 64.3 Å². The molecule has 1 aromatic heterocycles. The Morgan fingerprint density at radius 2 is 2.20 bits per heavy atom. The van der Waals surface area contributed by atoms with Crippen molar-refractivity contribution in [1.82, 2.24) is 9.78 Å². The van der Waals surface area contributed by atoms with Gasteiger partial charge in [-0.05, 0) is 18.2 Å². The van der Waals surface area contributed by atoms with E-state index in [4.69, 9.17) is 21.4 Å². The van der Waals surface area contributed by atoms with E-state index in [-0.39, 0.29) is 22.9 Å². The van der Waals surface area contributed by atoms with Crippen LogP contribution in [0.25, 0.3) is 11.3 Å². The van der Waals surface area contributed by atoms with Gasteiger partial charge in [-0.25, -0.2) is 9.18 Å². The average molecular weight is 299 g/mol. The van der Waals surface area contributed by atoms with Crippen LogP contribution in [0.2, 0.25) is 5.02 Å². The van der Waals surface area contributed by atoms with E-state index in [9.17, 15) is 9.18 Å². The third-order valence-corrected chi connectivity index (χ3v) is 3.16. The number of aromatic carboxylic acids is 1. The molecular weight excluding hydrogens is 287 g/mol. The van der Waals surface area contributed by atoms with Crippen LogP contribution in [0.3, 0.4) is 0 Å². The maximum atomic E-state index is 14.0. The summed E-state index contributed by atoms with van der Waals surface area (Å²) in [7, 11) is 3.03. The van der Waals surface area contributed by atoms with Crippen LogP contribution in [0.5, 0.6) is 0 Å². The molecule has 0 aliphatic carbocycles. The molecule has 0 bridgehead atoms. The number of hydrogen-bond donors (Lipinski definition) is 1. The van der Waals surface area contributed by atoms with E-state index < -0.39 is 11.8 Å². The molecule has 0 amide bonds. The van der Waals surface area contributed by atoms with Crippen LogP contribution in [-0.4, -0.2) is 28.0 Å². The summed E-state index contributed by atoms with van der Waals surface area (Å²) < 4.78 is 20.2. The van der Waals surface area contributed by atoms with Gasteiger partial charge in [0.1, 0.15) is 5.82 Å². The minimum atomic E-state index is -1.14. The SMILES string of the molecule is COCc1c(F)cc(-c2cc(C(=O)O)nn2C)cc1Cl. The van der Waals surface area contributed by atoms with Gasteiger partial charge in [0.25, 0.3) is 0 Å². The molecule has 1 aromatic carbocycles. The molecule has 5 nitrogen and oxygen atoms in total. The van der Waals surface area contributed by atoms with Crippen molar-refractivity contribution in [2.24, 2.45) is 7.05 Å². The first-order valence-corrected chi connectivity index (χ1v) is 6.06. The number of hydrogen-bond acceptors (Lipinski definition) is 3. The van der Waals surface area contributed by atoms with Crippen LogP contribution in [0, 0.1) is 5.82 Å². The Morgan fingerprint density at radius 1 is 1.50 bits per heavy atom. The van der Waals surface area contributed by atoms with Crippen molar-refractivity contribution in [2.45, 2.75) is 6.61 Å². The van der Waals surface area contributed by atoms with E-state index in [1.165, 1.54) is 23.9 Å². The largest absolute Gasteiger partial charge is 0.476 e. The Labute approximate surface area is 119 Å². The normalized spacial score (nSPS) is 10.8. The van der Waals surface area contributed by atoms with Gasteiger partial charge in [-0.3, -0.25) is 4.68 Å². The smallest absolute Gasteiger partial charge is 0.356 e. The summed E-state index contributed by atoms with van der Waals surface area (Å²) in [6.07, 6.45) is 0. The van der Waals surface area contributed by atoms with Crippen molar-refractivity contribution in [3.8, 4) is 11.3 Å². The van der Waals surface area contributed by atoms with Crippen molar-refractivity contribution in [2.75, 3.05) is 7.11 Å². The predicted octanol–water partition coefficient (Wildman–Crippen LogP) is 2.72. The Kier molecular flexibility index (Phi) is 4.06. The van der Waals surface area contributed by atoms with Crippen LogP contribution in [0.15, 0.2) is 18.2 Å². The number of ether oxygens (including phenoxy) is 1. The fraction of sp³-hybridized carbons (Fsp3) is 0.231. The fourth-order valence-electron chi connectivity index (χ4n) is 1.88. The number of benzene rings is 1. The maximum absolute atomic E-state index is 14.0. The zero-order valence-corrected chi connectivity index (χ0v) is 11.6. The van der Waals surface area contributed by atoms with Gasteiger partial charge in [-0.15, -0.1) is 0 Å². The van der Waals surface area contributed by atoms with Gasteiger partial charge < -0.3 is 9.84 Å². The molecule has 0 atom stereocenters. The summed E-state index contributed by atoms with van der Waals surface area (Å²) in [5.74, 6) is -1.65. The van der Waals surface area contributed by atoms with Crippen molar-refractivity contribution in [1.29, 1.82) is 0 Å². The summed E-state index contributed by atoms with van der Waals surface area (Å²) in [6, 6.07) is 4.20. The van der Waals surface area contributed by atoms with Gasteiger partial charge in [-0.2, -0.15) is 5.10 Å². The second kappa shape index (κ2) is 5.60. The molecule has 7 heteroatoms. The Hall–Kier alpha value is -1.92. The number of nitrogens with zero attached hydrogens (tertiary/aromatic N) is 2. The van der Waals surface area contributed by atoms with Crippen LogP contribution < -0.4 is 0 Å². The highest BCUT2D eigenvalue weighted by Crippen LogP contribution is 2.28. The highest BCUT2D eigenvalue weighted by molar-refractivity contribution is 6.31. The van der Waals surface area contributed by atoms with Crippen molar-refractivity contribution >= 4 is 17.6 Å². The van der Waals surface area contributed by atoms with Crippen molar-refractivity contribution in [3.63, 3.8) is 0 Å². The first-order chi connectivity index (χ1) is 9.43. The Bertz CT molecular complexity index is 647. The highest BCUT2D eigenvalue weighted by Gasteiger charge is 2.16. The number of carbonyl (C=O) groups is 1. The number of aromatic nitrogens is 2. The molecule has 0 saturated heterocycles. The molecule has 0 radical (unpaired) electrons. The van der Waals surface area contributed by atoms with E-state index >= 15 is 0 Å². The summed E-state index contributed by atoms with van der Waals surface area (Å²) in [4.78, 5) is 10.9. The standard InChI is InChI=1S/C13H12ClFN2O3/c1-17-12(5-11(16-17)13(18)19)7-3-9(14)8(6-20-2)10(15)4-7/h3-5H,6H2,1-2H3,(H,18,19). The Balaban J connectivity index is 2.51. The lowest BCUT2D eigenvalue weighted by atomic mass is 10.1. The minimum absolute atomic E-state index is 0.0662. The van der Waals surface area contributed by atoms with Gasteiger partial charge >= 0.3 is 5.97 Å². The molecule has 0 aliphatic heterocycles. The van der Waals surface area contributed by atoms with Crippen LogP contribution in [-0.2, 0) is 18.4 Å². The summed E-state index contributed by atoms with van der Waals surface area (Å²) in [6.45, 7) is 0.0662. The summed E-state index contributed by atoms with van der Waals surface area (Å²) in [5.41, 5.74) is 1.07. The van der Waals surface area contributed by atoms with Crippen molar-refractivity contribution in [3.05, 3.63) is 40.3 Å². The number of halogens is 2. The lowest BCUT2D eigenvalue weighted by molar-refractivity contribution is 0.0689. The molecule has 1 N–H and O–H groups in total. The van der Waals surface area contributed by atoms with E-state index in [1.807, 2.05) is 0 Å². The summed E-state index contributed by atoms with van der Waals surface area (Å²) >= 11 is 6.02.